The Hall–Kier alpha value is -3.23. The maximum Gasteiger partial charge on any atom is 0.254 e. The van der Waals surface area contributed by atoms with Crippen molar-refractivity contribution in [3.8, 4) is 17.2 Å². The lowest BCUT2D eigenvalue weighted by Crippen LogP contribution is -2.49. The van der Waals surface area contributed by atoms with Crippen molar-refractivity contribution in [3.63, 3.8) is 0 Å². The monoisotopic (exact) mass is 455 g/mol. The number of aromatic nitrogens is 2. The third-order valence-corrected chi connectivity index (χ3v) is 6.27. The summed E-state index contributed by atoms with van der Waals surface area (Å²) in [5, 5.41) is 0. The highest BCUT2D eigenvalue weighted by atomic mass is 16.5. The Morgan fingerprint density at radius 2 is 1.42 bits per heavy atom. The van der Waals surface area contributed by atoms with Crippen LogP contribution in [0, 0.1) is 6.92 Å². The van der Waals surface area contributed by atoms with Gasteiger partial charge in [0.25, 0.3) is 5.91 Å². The third kappa shape index (κ3) is 4.91. The Morgan fingerprint density at radius 1 is 0.788 bits per heavy atom. The molecule has 9 heteroatoms. The number of anilines is 2. The molecule has 9 nitrogen and oxygen atoms in total. The Balaban J connectivity index is 1.46. The molecule has 0 spiro atoms. The van der Waals surface area contributed by atoms with E-state index in [2.05, 4.69) is 14.8 Å². The van der Waals surface area contributed by atoms with Crippen molar-refractivity contribution < 1.29 is 19.0 Å². The molecule has 2 aliphatic rings. The van der Waals surface area contributed by atoms with Gasteiger partial charge in [-0.1, -0.05) is 0 Å². The molecule has 33 heavy (non-hydrogen) atoms. The molecule has 0 saturated carbocycles. The number of ether oxygens (including phenoxy) is 3. The number of hydrogen-bond acceptors (Lipinski definition) is 8. The van der Waals surface area contributed by atoms with Crippen LogP contribution in [0.3, 0.4) is 0 Å². The van der Waals surface area contributed by atoms with Crippen molar-refractivity contribution in [2.24, 2.45) is 0 Å². The van der Waals surface area contributed by atoms with E-state index in [0.29, 0.717) is 49.0 Å². The SMILES string of the molecule is COc1cc(C(=O)N2CCN(c3cc(C)nc(N4CCCCC4)n3)CC2)cc(OC)c1OC. The van der Waals surface area contributed by atoms with Gasteiger partial charge in [-0.25, -0.2) is 4.98 Å². The average Bonchev–Trinajstić information content (AvgIpc) is 2.87. The van der Waals surface area contributed by atoms with Crippen LogP contribution in [0.1, 0.15) is 35.3 Å². The van der Waals surface area contributed by atoms with Crippen LogP contribution in [-0.4, -0.2) is 81.4 Å². The molecule has 4 rings (SSSR count). The van der Waals surface area contributed by atoms with Crippen LogP contribution in [0.4, 0.5) is 11.8 Å². The Morgan fingerprint density at radius 3 is 2.00 bits per heavy atom. The number of piperazine rings is 1. The number of methoxy groups -OCH3 is 3. The topological polar surface area (TPSA) is 80.3 Å². The molecule has 0 bridgehead atoms. The van der Waals surface area contributed by atoms with Crippen LogP contribution in [0.25, 0.3) is 0 Å². The van der Waals surface area contributed by atoms with E-state index >= 15 is 0 Å². The Bertz CT molecular complexity index is 960. The fraction of sp³-hybridized carbons (Fsp3) is 0.542. The van der Waals surface area contributed by atoms with E-state index in [1.165, 1.54) is 19.3 Å². The summed E-state index contributed by atoms with van der Waals surface area (Å²) < 4.78 is 16.2. The standard InChI is InChI=1S/C24H33N5O4/c1-17-14-21(26-24(25-17)29-8-6-5-7-9-29)27-10-12-28(13-11-27)23(30)18-15-19(31-2)22(33-4)20(16-18)32-3/h14-16H,5-13H2,1-4H3. The van der Waals surface area contributed by atoms with Crippen molar-refractivity contribution >= 4 is 17.7 Å². The number of amides is 1. The number of rotatable bonds is 6. The van der Waals surface area contributed by atoms with Gasteiger partial charge in [0.1, 0.15) is 5.82 Å². The van der Waals surface area contributed by atoms with E-state index in [-0.39, 0.29) is 5.91 Å². The summed E-state index contributed by atoms with van der Waals surface area (Å²) in [5.74, 6) is 3.12. The molecular weight excluding hydrogens is 422 g/mol. The molecular formula is C24H33N5O4. The Kier molecular flexibility index (Phi) is 7.05. The van der Waals surface area contributed by atoms with Crippen LogP contribution in [0.5, 0.6) is 17.2 Å². The minimum absolute atomic E-state index is 0.0539. The molecule has 2 aliphatic heterocycles. The van der Waals surface area contributed by atoms with Gasteiger partial charge in [-0.3, -0.25) is 4.79 Å². The van der Waals surface area contributed by atoms with E-state index in [0.717, 1.165) is 30.5 Å². The lowest BCUT2D eigenvalue weighted by atomic mass is 10.1. The van der Waals surface area contributed by atoms with Crippen molar-refractivity contribution in [2.45, 2.75) is 26.2 Å². The van der Waals surface area contributed by atoms with Crippen LogP contribution in [0.2, 0.25) is 0 Å². The number of aryl methyl sites for hydroxylation is 1. The van der Waals surface area contributed by atoms with Gasteiger partial charge in [0.2, 0.25) is 11.7 Å². The minimum Gasteiger partial charge on any atom is -0.493 e. The Labute approximate surface area is 195 Å². The second-order valence-corrected chi connectivity index (χ2v) is 8.41. The van der Waals surface area contributed by atoms with Gasteiger partial charge in [0, 0.05) is 56.6 Å². The number of benzene rings is 1. The molecule has 0 unspecified atom stereocenters. The van der Waals surface area contributed by atoms with Crippen molar-refractivity contribution in [1.82, 2.24) is 14.9 Å². The molecule has 0 aliphatic carbocycles. The van der Waals surface area contributed by atoms with Gasteiger partial charge >= 0.3 is 0 Å². The highest BCUT2D eigenvalue weighted by molar-refractivity contribution is 5.95. The predicted octanol–water partition coefficient (Wildman–Crippen LogP) is 2.76. The maximum atomic E-state index is 13.2. The molecule has 2 fully saturated rings. The van der Waals surface area contributed by atoms with Gasteiger partial charge in [-0.05, 0) is 38.3 Å². The zero-order valence-corrected chi connectivity index (χ0v) is 20.0. The fourth-order valence-corrected chi connectivity index (χ4v) is 4.46. The largest absolute Gasteiger partial charge is 0.493 e. The first kappa shape index (κ1) is 22.9. The molecule has 0 atom stereocenters. The van der Waals surface area contributed by atoms with Crippen LogP contribution in [-0.2, 0) is 0 Å². The van der Waals surface area contributed by atoms with Crippen LogP contribution in [0.15, 0.2) is 18.2 Å². The quantitative estimate of drug-likeness (QED) is 0.658. The van der Waals surface area contributed by atoms with E-state index in [9.17, 15) is 4.79 Å². The molecule has 178 valence electrons. The van der Waals surface area contributed by atoms with Crippen molar-refractivity contribution in [2.75, 3.05) is 70.4 Å². The second-order valence-electron chi connectivity index (χ2n) is 8.41. The normalized spacial score (nSPS) is 16.5. The minimum atomic E-state index is -0.0539. The van der Waals surface area contributed by atoms with Crippen LogP contribution >= 0.6 is 0 Å². The second kappa shape index (κ2) is 10.1. The molecule has 2 saturated heterocycles. The highest BCUT2D eigenvalue weighted by Gasteiger charge is 2.26. The summed E-state index contributed by atoms with van der Waals surface area (Å²) in [6.45, 7) is 6.69. The summed E-state index contributed by atoms with van der Waals surface area (Å²) >= 11 is 0. The smallest absolute Gasteiger partial charge is 0.254 e. The number of carbonyl (C=O) groups is 1. The zero-order valence-electron chi connectivity index (χ0n) is 20.0. The summed E-state index contributed by atoms with van der Waals surface area (Å²) in [5.41, 5.74) is 1.49. The average molecular weight is 456 g/mol. The zero-order chi connectivity index (χ0) is 23.4. The number of hydrogen-bond donors (Lipinski definition) is 0. The molecule has 0 radical (unpaired) electrons. The summed E-state index contributed by atoms with van der Waals surface area (Å²) in [4.78, 5) is 29.1. The molecule has 2 aromatic rings. The van der Waals surface area contributed by atoms with Gasteiger partial charge in [0.15, 0.2) is 11.5 Å². The number of carbonyl (C=O) groups excluding carboxylic acids is 1. The van der Waals surface area contributed by atoms with Gasteiger partial charge < -0.3 is 28.9 Å². The first-order chi connectivity index (χ1) is 16.0. The summed E-state index contributed by atoms with van der Waals surface area (Å²) in [6.07, 6.45) is 3.65. The number of piperidine rings is 1. The lowest BCUT2D eigenvalue weighted by Gasteiger charge is -2.36. The fourth-order valence-electron chi connectivity index (χ4n) is 4.46. The van der Waals surface area contributed by atoms with E-state index in [4.69, 9.17) is 19.2 Å². The predicted molar refractivity (Wildman–Crippen MR) is 127 cm³/mol. The van der Waals surface area contributed by atoms with Crippen molar-refractivity contribution in [1.29, 1.82) is 0 Å². The van der Waals surface area contributed by atoms with Gasteiger partial charge in [-0.2, -0.15) is 4.98 Å². The van der Waals surface area contributed by atoms with E-state index in [1.807, 2.05) is 17.9 Å². The van der Waals surface area contributed by atoms with E-state index in [1.54, 1.807) is 33.5 Å². The van der Waals surface area contributed by atoms with Gasteiger partial charge in [0.05, 0.1) is 21.3 Å². The van der Waals surface area contributed by atoms with Gasteiger partial charge in [-0.15, -0.1) is 0 Å². The van der Waals surface area contributed by atoms with Crippen molar-refractivity contribution in [3.05, 3.63) is 29.5 Å². The molecule has 1 aromatic carbocycles. The molecule has 1 aromatic heterocycles. The third-order valence-electron chi connectivity index (χ3n) is 6.27. The molecule has 1 amide bonds. The summed E-state index contributed by atoms with van der Waals surface area (Å²) in [7, 11) is 4.64. The molecule has 3 heterocycles. The summed E-state index contributed by atoms with van der Waals surface area (Å²) in [6, 6.07) is 5.44. The maximum absolute atomic E-state index is 13.2. The highest BCUT2D eigenvalue weighted by Crippen LogP contribution is 2.38. The first-order valence-corrected chi connectivity index (χ1v) is 11.5. The first-order valence-electron chi connectivity index (χ1n) is 11.5. The lowest BCUT2D eigenvalue weighted by molar-refractivity contribution is 0.0745. The van der Waals surface area contributed by atoms with Crippen LogP contribution < -0.4 is 24.0 Å². The molecule has 0 N–H and O–H groups in total. The number of nitrogens with zero attached hydrogens (tertiary/aromatic N) is 5. The van der Waals surface area contributed by atoms with E-state index < -0.39 is 0 Å².